The number of hydrazone groups is 2. The zero-order valence-electron chi connectivity index (χ0n) is 30.8. The van der Waals surface area contributed by atoms with E-state index in [0.29, 0.717) is 32.5 Å². The van der Waals surface area contributed by atoms with E-state index >= 15 is 0 Å². The van der Waals surface area contributed by atoms with Crippen molar-refractivity contribution < 1.29 is 38.8 Å². The van der Waals surface area contributed by atoms with Crippen LogP contribution in [0.25, 0.3) is 22.5 Å². The van der Waals surface area contributed by atoms with Gasteiger partial charge in [0.05, 0.1) is 36.2 Å². The van der Waals surface area contributed by atoms with E-state index < -0.39 is 46.6 Å². The molecule has 0 spiro atoms. The molecule has 24 heteroatoms. The van der Waals surface area contributed by atoms with Gasteiger partial charge < -0.3 is 19.3 Å². The lowest BCUT2D eigenvalue weighted by Crippen LogP contribution is -2.27. The largest absolute Gasteiger partial charge is 0.486 e. The van der Waals surface area contributed by atoms with Crippen molar-refractivity contribution in [1.29, 1.82) is 0 Å². The molecular weight excluding hydrogens is 934 g/mol. The van der Waals surface area contributed by atoms with E-state index in [1.165, 1.54) is 59.9 Å². The predicted molar refractivity (Wildman–Crippen MR) is 232 cm³/mol. The Morgan fingerprint density at radius 3 is 1.92 bits per heavy atom. The number of nitrogens with zero attached hydrogens (tertiary/aromatic N) is 6. The van der Waals surface area contributed by atoms with Gasteiger partial charge in [-0.2, -0.15) is 10.2 Å². The summed E-state index contributed by atoms with van der Waals surface area (Å²) in [5.74, 6) is -2.18. The van der Waals surface area contributed by atoms with Crippen LogP contribution in [0.4, 0.5) is 21.6 Å². The average molecular weight is 957 g/mol. The van der Waals surface area contributed by atoms with E-state index in [2.05, 4.69) is 31.0 Å². The fourth-order valence-corrected chi connectivity index (χ4v) is 8.70. The number of ether oxygens (including phenoxy) is 3. The standard InChI is InChI=1S/C38H22Cl4N8O10S2/c39-20-11-9-18-29-26(15-58-31(18)27(20)41)61-37(43-29)47-46-23(14-17-6-2-4-8-25(17)50(56)57)35(53)60-36-33-30(19-10-12-21(40)28(42)32(19)59-36)44-38(62-33)48-45-22(34(51)52)13-16-5-1-3-7-24(16)49(54)55/h1-12,36H,13-15H2,(H,43,47)(H,44,48)(H,51,52)/b45-22-,46-23+. The molecule has 0 radical (unpaired) electrons. The minimum atomic E-state index is -1.57. The normalized spacial score (nSPS) is 14.0. The van der Waals surface area contributed by atoms with E-state index in [0.717, 1.165) is 11.3 Å². The van der Waals surface area contributed by atoms with Crippen LogP contribution in [0.2, 0.25) is 20.1 Å². The highest BCUT2D eigenvalue weighted by Gasteiger charge is 2.36. The van der Waals surface area contributed by atoms with E-state index in [-0.39, 0.29) is 76.5 Å². The second kappa shape index (κ2) is 17.5. The molecule has 1 atom stereocenters. The predicted octanol–water partition coefficient (Wildman–Crippen LogP) is 10.00. The number of para-hydroxylation sites is 2. The molecule has 314 valence electrons. The van der Waals surface area contributed by atoms with Gasteiger partial charge in [-0.25, -0.2) is 19.6 Å². The quantitative estimate of drug-likeness (QED) is 0.0422. The lowest BCUT2D eigenvalue weighted by molar-refractivity contribution is -0.385. The van der Waals surface area contributed by atoms with Crippen molar-refractivity contribution in [3.8, 4) is 34.0 Å². The first kappa shape index (κ1) is 42.3. The third kappa shape index (κ3) is 8.43. The van der Waals surface area contributed by atoms with Gasteiger partial charge in [-0.3, -0.25) is 31.1 Å². The van der Waals surface area contributed by atoms with Crippen LogP contribution < -0.4 is 20.3 Å². The summed E-state index contributed by atoms with van der Waals surface area (Å²) in [5.41, 5.74) is 5.89. The topological polar surface area (TPSA) is 243 Å². The molecule has 2 aliphatic heterocycles. The number of fused-ring (bicyclic) bond motifs is 6. The number of hydrogen-bond acceptors (Lipinski definition) is 17. The highest BCUT2D eigenvalue weighted by atomic mass is 35.5. The van der Waals surface area contributed by atoms with Gasteiger partial charge in [-0.15, -0.1) is 0 Å². The number of thiazole rings is 2. The van der Waals surface area contributed by atoms with Crippen LogP contribution in [0.1, 0.15) is 27.2 Å². The molecule has 0 fully saturated rings. The first-order chi connectivity index (χ1) is 29.8. The second-order valence-corrected chi connectivity index (χ2v) is 16.6. The number of carboxylic acids is 1. The van der Waals surface area contributed by atoms with Crippen molar-refractivity contribution in [2.75, 3.05) is 10.9 Å². The van der Waals surface area contributed by atoms with Gasteiger partial charge in [0.15, 0.2) is 11.5 Å². The molecule has 0 aliphatic carbocycles. The maximum absolute atomic E-state index is 14.2. The van der Waals surface area contributed by atoms with Crippen LogP contribution in [0, 0.1) is 20.2 Å². The van der Waals surface area contributed by atoms with Crippen LogP contribution in [-0.4, -0.2) is 48.3 Å². The molecule has 2 aromatic heterocycles. The van der Waals surface area contributed by atoms with Crippen molar-refractivity contribution >= 4 is 114 Å². The number of nitro groups is 2. The Balaban J connectivity index is 1.12. The summed E-state index contributed by atoms with van der Waals surface area (Å²) < 4.78 is 17.9. The summed E-state index contributed by atoms with van der Waals surface area (Å²) >= 11 is 27.5. The highest BCUT2D eigenvalue weighted by Crippen LogP contribution is 2.51. The molecule has 2 aliphatic rings. The number of carboxylic acid groups (broad SMARTS) is 1. The number of aromatic nitrogens is 2. The first-order valence-electron chi connectivity index (χ1n) is 17.6. The Hall–Kier alpha value is -6.42. The maximum atomic E-state index is 14.2. The molecule has 3 N–H and O–H groups in total. The zero-order chi connectivity index (χ0) is 43.8. The lowest BCUT2D eigenvalue weighted by atomic mass is 10.1. The monoisotopic (exact) mass is 954 g/mol. The summed E-state index contributed by atoms with van der Waals surface area (Å²) in [7, 11) is 0. The Morgan fingerprint density at radius 2 is 1.31 bits per heavy atom. The van der Waals surface area contributed by atoms with Gasteiger partial charge in [0.25, 0.3) is 17.7 Å². The fourth-order valence-electron chi connectivity index (χ4n) is 6.26. The van der Waals surface area contributed by atoms with Crippen molar-refractivity contribution in [3.63, 3.8) is 0 Å². The molecule has 62 heavy (non-hydrogen) atoms. The number of aliphatic carboxylic acids is 1. The van der Waals surface area contributed by atoms with E-state index in [1.54, 1.807) is 24.3 Å². The third-order valence-electron chi connectivity index (χ3n) is 9.11. The lowest BCUT2D eigenvalue weighted by Gasteiger charge is -2.26. The number of esters is 1. The Labute approximate surface area is 375 Å². The number of benzene rings is 4. The number of rotatable bonds is 13. The molecule has 4 heterocycles. The maximum Gasteiger partial charge on any atom is 0.358 e. The van der Waals surface area contributed by atoms with Crippen LogP contribution in [0.3, 0.4) is 0 Å². The SMILES string of the molecule is O=C(O)/C(Cc1ccccc1[N+](=O)[O-])=N\Nc1nc2c(s1)C(OC(=O)/C(Cc1ccccc1[N+](=O)[O-])=N/Nc1nc3c(s1)COc1c-3ccc(Cl)c1Cl)Oc1c-2ccc(Cl)c1Cl. The molecule has 0 saturated heterocycles. The number of nitrogens with one attached hydrogen (secondary N) is 2. The number of halogens is 4. The minimum absolute atomic E-state index is 0.00000158. The molecule has 18 nitrogen and oxygen atoms in total. The third-order valence-corrected chi connectivity index (χ3v) is 12.6. The van der Waals surface area contributed by atoms with Gasteiger partial charge in [-0.05, 0) is 24.3 Å². The Bertz CT molecular complexity index is 2920. The summed E-state index contributed by atoms with van der Waals surface area (Å²) in [4.78, 5) is 58.8. The zero-order valence-corrected chi connectivity index (χ0v) is 35.4. The van der Waals surface area contributed by atoms with Crippen molar-refractivity contribution in [3.05, 3.63) is 134 Å². The molecule has 0 bridgehead atoms. The van der Waals surface area contributed by atoms with Crippen molar-refractivity contribution in [1.82, 2.24) is 9.97 Å². The van der Waals surface area contributed by atoms with Crippen LogP contribution in [0.15, 0.2) is 83.0 Å². The summed E-state index contributed by atoms with van der Waals surface area (Å²) in [6.07, 6.45) is -2.37. The molecular formula is C38H22Cl4N8O10S2. The number of carbonyl (C=O) groups is 2. The molecule has 8 rings (SSSR count). The minimum Gasteiger partial charge on any atom is -0.486 e. The van der Waals surface area contributed by atoms with Crippen molar-refractivity contribution in [2.45, 2.75) is 25.7 Å². The van der Waals surface area contributed by atoms with Crippen LogP contribution in [-0.2, 0) is 33.8 Å². The van der Waals surface area contributed by atoms with Crippen LogP contribution >= 0.6 is 69.1 Å². The van der Waals surface area contributed by atoms with Gasteiger partial charge in [0, 0.05) is 47.2 Å². The summed E-state index contributed by atoms with van der Waals surface area (Å²) in [6, 6.07) is 17.8. The smallest absolute Gasteiger partial charge is 0.358 e. The van der Waals surface area contributed by atoms with Gasteiger partial charge in [0.1, 0.15) is 33.0 Å². The summed E-state index contributed by atoms with van der Waals surface area (Å²) in [6.45, 7) is 0.121. The Kier molecular flexibility index (Phi) is 11.9. The van der Waals surface area contributed by atoms with Crippen molar-refractivity contribution in [2.24, 2.45) is 10.2 Å². The molecule has 4 aromatic carbocycles. The second-order valence-electron chi connectivity index (χ2n) is 12.9. The number of carbonyl (C=O) groups excluding carboxylic acids is 1. The molecule has 1 unspecified atom stereocenters. The van der Waals surface area contributed by atoms with Crippen LogP contribution in [0.5, 0.6) is 11.5 Å². The van der Waals surface area contributed by atoms with Gasteiger partial charge >= 0.3 is 11.9 Å². The first-order valence-corrected chi connectivity index (χ1v) is 20.7. The van der Waals surface area contributed by atoms with Gasteiger partial charge in [-0.1, -0.05) is 105 Å². The number of hydrogen-bond donors (Lipinski definition) is 3. The van der Waals surface area contributed by atoms with E-state index in [4.69, 9.17) is 60.6 Å². The average Bonchev–Trinajstić information content (AvgIpc) is 3.89. The molecule has 0 amide bonds. The van der Waals surface area contributed by atoms with E-state index in [1.807, 2.05) is 0 Å². The Morgan fingerprint density at radius 1 is 0.774 bits per heavy atom. The van der Waals surface area contributed by atoms with Gasteiger partial charge in [0.2, 0.25) is 10.3 Å². The summed E-state index contributed by atoms with van der Waals surface area (Å²) in [5, 5.41) is 42.6. The highest BCUT2D eigenvalue weighted by molar-refractivity contribution is 7.16. The van der Waals surface area contributed by atoms with E-state index in [9.17, 15) is 34.9 Å². The number of nitro benzene ring substituents is 2. The fraction of sp³-hybridized carbons (Fsp3) is 0.105. The number of anilines is 2. The molecule has 6 aromatic rings. The molecule has 0 saturated carbocycles.